The topological polar surface area (TPSA) is 96.9 Å². The highest BCUT2D eigenvalue weighted by molar-refractivity contribution is 5.94. The molecule has 4 rings (SSSR count). The number of fused-ring (bicyclic) bond motifs is 1. The molecule has 8 nitrogen and oxygen atoms in total. The third-order valence-corrected chi connectivity index (χ3v) is 4.07. The van der Waals surface area contributed by atoms with Crippen LogP contribution in [0.3, 0.4) is 0 Å². The van der Waals surface area contributed by atoms with Crippen LogP contribution >= 0.6 is 0 Å². The van der Waals surface area contributed by atoms with Gasteiger partial charge in [0.05, 0.1) is 6.54 Å². The summed E-state index contributed by atoms with van der Waals surface area (Å²) in [6.07, 6.45) is 2.66. The van der Waals surface area contributed by atoms with Gasteiger partial charge in [-0.25, -0.2) is 14.4 Å². The van der Waals surface area contributed by atoms with E-state index in [9.17, 15) is 9.18 Å². The van der Waals surface area contributed by atoms with Crippen molar-refractivity contribution in [3.63, 3.8) is 0 Å². The van der Waals surface area contributed by atoms with Gasteiger partial charge in [0.25, 0.3) is 11.8 Å². The zero-order valence-corrected chi connectivity index (χ0v) is 13.2. The Balaban J connectivity index is 1.48. The quantitative estimate of drug-likeness (QED) is 0.776. The highest BCUT2D eigenvalue weighted by Crippen LogP contribution is 2.20. The molecule has 0 aliphatic carbocycles. The molecule has 3 aromatic rings. The molecule has 0 spiro atoms. The maximum atomic E-state index is 13.7. The van der Waals surface area contributed by atoms with Crippen molar-refractivity contribution in [2.24, 2.45) is 0 Å². The number of carbonyl (C=O) groups is 1. The molecule has 1 aliphatic heterocycles. The summed E-state index contributed by atoms with van der Waals surface area (Å²) in [5.41, 5.74) is 1.29. The molecule has 3 aromatic heterocycles. The van der Waals surface area contributed by atoms with Gasteiger partial charge in [0.1, 0.15) is 17.3 Å². The average Bonchev–Trinajstić information content (AvgIpc) is 3.11. The Morgan fingerprint density at radius 3 is 3.12 bits per heavy atom. The normalized spacial score (nSPS) is 17.6. The van der Waals surface area contributed by atoms with E-state index in [0.717, 1.165) is 12.8 Å². The molecular weight excluding hydrogens is 327 g/mol. The van der Waals surface area contributed by atoms with Gasteiger partial charge in [-0.2, -0.15) is 10.3 Å². The third-order valence-electron chi connectivity index (χ3n) is 4.07. The second kappa shape index (κ2) is 6.42. The Labute approximate surface area is 142 Å². The molecular formula is C16H15FN6O2. The van der Waals surface area contributed by atoms with Crippen molar-refractivity contribution in [3.05, 3.63) is 42.0 Å². The van der Waals surface area contributed by atoms with E-state index in [1.54, 1.807) is 17.0 Å². The van der Waals surface area contributed by atoms with E-state index in [1.165, 1.54) is 18.3 Å². The number of likely N-dealkylation sites (tertiary alicyclic amines) is 1. The smallest absolute Gasteiger partial charge is 0.272 e. The number of rotatable bonds is 3. The molecule has 1 aliphatic rings. The van der Waals surface area contributed by atoms with Crippen molar-refractivity contribution >= 4 is 17.1 Å². The molecule has 9 heteroatoms. The van der Waals surface area contributed by atoms with E-state index in [2.05, 4.69) is 25.4 Å². The third kappa shape index (κ3) is 3.12. The van der Waals surface area contributed by atoms with Gasteiger partial charge in [-0.3, -0.25) is 4.79 Å². The number of amides is 1. The molecule has 1 saturated heterocycles. The summed E-state index contributed by atoms with van der Waals surface area (Å²) >= 11 is 0. The van der Waals surface area contributed by atoms with Crippen molar-refractivity contribution < 1.29 is 13.9 Å². The van der Waals surface area contributed by atoms with Crippen LogP contribution in [0.1, 0.15) is 23.3 Å². The first-order chi connectivity index (χ1) is 12.2. The number of hydrogen-bond donors (Lipinski definition) is 1. The SMILES string of the molecule is O=C(c1ccc2n[nH]nc2n1)N1CCC[C@@H](Oc2ncccc2F)C1. The van der Waals surface area contributed by atoms with E-state index in [-0.39, 0.29) is 17.9 Å². The Kier molecular flexibility index (Phi) is 3.96. The molecule has 1 fully saturated rings. The summed E-state index contributed by atoms with van der Waals surface area (Å²) in [5, 5.41) is 10.3. The molecule has 0 bridgehead atoms. The van der Waals surface area contributed by atoms with Gasteiger partial charge in [0, 0.05) is 12.7 Å². The predicted octanol–water partition coefficient (Wildman–Crippen LogP) is 1.57. The van der Waals surface area contributed by atoms with Crippen LogP contribution in [-0.2, 0) is 0 Å². The summed E-state index contributed by atoms with van der Waals surface area (Å²) in [5.74, 6) is -0.757. The first-order valence-electron chi connectivity index (χ1n) is 7.94. The van der Waals surface area contributed by atoms with Gasteiger partial charge in [0.2, 0.25) is 5.65 Å². The Hall–Kier alpha value is -3.10. The van der Waals surface area contributed by atoms with Gasteiger partial charge in [0.15, 0.2) is 5.82 Å². The van der Waals surface area contributed by atoms with Gasteiger partial charge < -0.3 is 9.64 Å². The minimum absolute atomic E-state index is 0.0380. The zero-order valence-electron chi connectivity index (χ0n) is 13.2. The van der Waals surface area contributed by atoms with Crippen LogP contribution in [0, 0.1) is 5.82 Å². The first-order valence-corrected chi connectivity index (χ1v) is 7.94. The molecule has 0 unspecified atom stereocenters. The fourth-order valence-electron chi connectivity index (χ4n) is 2.85. The van der Waals surface area contributed by atoms with Crippen molar-refractivity contribution in [2.75, 3.05) is 13.1 Å². The molecule has 0 radical (unpaired) electrons. The number of nitrogens with one attached hydrogen (secondary N) is 1. The van der Waals surface area contributed by atoms with Crippen LogP contribution in [0.5, 0.6) is 5.88 Å². The number of hydrogen-bond acceptors (Lipinski definition) is 6. The minimum Gasteiger partial charge on any atom is -0.470 e. The number of halogens is 1. The van der Waals surface area contributed by atoms with Crippen molar-refractivity contribution in [3.8, 4) is 5.88 Å². The molecule has 0 saturated carbocycles. The predicted molar refractivity (Wildman–Crippen MR) is 85.4 cm³/mol. The Bertz CT molecular complexity index is 914. The van der Waals surface area contributed by atoms with Crippen LogP contribution in [0.15, 0.2) is 30.5 Å². The maximum absolute atomic E-state index is 13.7. The second-order valence-corrected chi connectivity index (χ2v) is 5.79. The molecule has 0 aromatic carbocycles. The van der Waals surface area contributed by atoms with E-state index < -0.39 is 5.82 Å². The number of aromatic amines is 1. The summed E-state index contributed by atoms with van der Waals surface area (Å²) < 4.78 is 19.3. The largest absolute Gasteiger partial charge is 0.470 e. The van der Waals surface area contributed by atoms with Gasteiger partial charge in [-0.15, -0.1) is 5.10 Å². The molecule has 1 amide bonds. The number of aromatic nitrogens is 5. The fraction of sp³-hybridized carbons (Fsp3) is 0.312. The van der Waals surface area contributed by atoms with Crippen molar-refractivity contribution in [1.29, 1.82) is 0 Å². The van der Waals surface area contributed by atoms with Gasteiger partial charge in [-0.05, 0) is 37.1 Å². The second-order valence-electron chi connectivity index (χ2n) is 5.79. The lowest BCUT2D eigenvalue weighted by Crippen LogP contribution is -2.44. The highest BCUT2D eigenvalue weighted by atomic mass is 19.1. The molecule has 4 heterocycles. The average molecular weight is 342 g/mol. The van der Waals surface area contributed by atoms with Crippen LogP contribution in [0.25, 0.3) is 11.2 Å². The molecule has 1 atom stereocenters. The molecule has 25 heavy (non-hydrogen) atoms. The van der Waals surface area contributed by atoms with Crippen LogP contribution in [-0.4, -0.2) is 55.4 Å². The number of pyridine rings is 2. The Morgan fingerprint density at radius 1 is 1.32 bits per heavy atom. The maximum Gasteiger partial charge on any atom is 0.272 e. The molecule has 128 valence electrons. The lowest BCUT2D eigenvalue weighted by molar-refractivity contribution is 0.0513. The number of H-pyrrole nitrogens is 1. The monoisotopic (exact) mass is 342 g/mol. The first kappa shape index (κ1) is 15.4. The molecule has 1 N–H and O–H groups in total. The van der Waals surface area contributed by atoms with Gasteiger partial charge >= 0.3 is 0 Å². The summed E-state index contributed by atoms with van der Waals surface area (Å²) in [6.45, 7) is 0.954. The lowest BCUT2D eigenvalue weighted by atomic mass is 10.1. The summed E-state index contributed by atoms with van der Waals surface area (Å²) in [6, 6.07) is 6.12. The fourth-order valence-corrected chi connectivity index (χ4v) is 2.85. The standard InChI is InChI=1S/C16H15FN6O2/c17-11-4-1-7-18-15(11)25-10-3-2-8-23(9-10)16(24)13-6-5-12-14(19-13)21-22-20-12/h1,4-7,10H,2-3,8-9H2,(H,19,20,21,22)/t10-/m1/s1. The Morgan fingerprint density at radius 2 is 2.24 bits per heavy atom. The van der Waals surface area contributed by atoms with Gasteiger partial charge in [-0.1, -0.05) is 0 Å². The minimum atomic E-state index is -0.510. The lowest BCUT2D eigenvalue weighted by Gasteiger charge is -2.32. The van der Waals surface area contributed by atoms with Crippen molar-refractivity contribution in [2.45, 2.75) is 18.9 Å². The van der Waals surface area contributed by atoms with Crippen LogP contribution < -0.4 is 4.74 Å². The number of carbonyl (C=O) groups excluding carboxylic acids is 1. The van der Waals surface area contributed by atoms with E-state index in [1.807, 2.05) is 0 Å². The number of nitrogens with zero attached hydrogens (tertiary/aromatic N) is 5. The van der Waals surface area contributed by atoms with Crippen molar-refractivity contribution in [1.82, 2.24) is 30.3 Å². The highest BCUT2D eigenvalue weighted by Gasteiger charge is 2.27. The van der Waals surface area contributed by atoms with E-state index >= 15 is 0 Å². The number of piperidine rings is 1. The van der Waals surface area contributed by atoms with Crippen LogP contribution in [0.4, 0.5) is 4.39 Å². The van der Waals surface area contributed by atoms with Crippen LogP contribution in [0.2, 0.25) is 0 Å². The zero-order chi connectivity index (χ0) is 17.2. The van der Waals surface area contributed by atoms with E-state index in [4.69, 9.17) is 4.74 Å². The summed E-state index contributed by atoms with van der Waals surface area (Å²) in [7, 11) is 0. The number of ether oxygens (including phenoxy) is 1. The summed E-state index contributed by atoms with van der Waals surface area (Å²) in [4.78, 5) is 22.5. The van der Waals surface area contributed by atoms with E-state index in [0.29, 0.717) is 29.9 Å².